The molecule has 0 saturated carbocycles. The van der Waals surface area contributed by atoms with Crippen LogP contribution in [-0.2, 0) is 4.74 Å². The molecule has 1 aliphatic rings. The van der Waals surface area contributed by atoms with Crippen LogP contribution in [0.4, 0.5) is 4.79 Å². The van der Waals surface area contributed by atoms with Crippen molar-refractivity contribution in [2.75, 3.05) is 6.54 Å². The topological polar surface area (TPSA) is 55.6 Å². The molecule has 1 aliphatic heterocycles. The van der Waals surface area contributed by atoms with Gasteiger partial charge in [-0.15, -0.1) is 0 Å². The monoisotopic (exact) mass is 228 g/mol. The Kier molecular flexibility index (Phi) is 3.84. The van der Waals surface area contributed by atoms with Gasteiger partial charge in [-0.1, -0.05) is 13.8 Å². The van der Waals surface area contributed by atoms with E-state index >= 15 is 0 Å². The van der Waals surface area contributed by atoms with Gasteiger partial charge in [0.05, 0.1) is 0 Å². The van der Waals surface area contributed by atoms with Crippen LogP contribution >= 0.6 is 0 Å². The standard InChI is InChI=1S/C12H24N2O2/c1-8(2)10-6-9(13)7-14(10)11(15)16-12(3,4)5/h8-10H,6-7,13H2,1-5H3/t9-,10+/m1/s1. The van der Waals surface area contributed by atoms with Crippen molar-refractivity contribution in [3.05, 3.63) is 0 Å². The molecule has 0 unspecified atom stereocenters. The lowest BCUT2D eigenvalue weighted by Crippen LogP contribution is -2.42. The van der Waals surface area contributed by atoms with Crippen LogP contribution in [0.15, 0.2) is 0 Å². The minimum atomic E-state index is -0.439. The van der Waals surface area contributed by atoms with E-state index in [1.165, 1.54) is 0 Å². The molecule has 0 aromatic carbocycles. The summed E-state index contributed by atoms with van der Waals surface area (Å²) in [5.41, 5.74) is 5.47. The Morgan fingerprint density at radius 3 is 2.44 bits per heavy atom. The summed E-state index contributed by atoms with van der Waals surface area (Å²) in [6.45, 7) is 10.5. The first-order valence-corrected chi connectivity index (χ1v) is 5.96. The molecule has 2 N–H and O–H groups in total. The number of hydrogen-bond donors (Lipinski definition) is 1. The zero-order valence-electron chi connectivity index (χ0n) is 11.0. The van der Waals surface area contributed by atoms with Crippen molar-refractivity contribution < 1.29 is 9.53 Å². The maximum absolute atomic E-state index is 12.0. The summed E-state index contributed by atoms with van der Waals surface area (Å²) in [6.07, 6.45) is 0.635. The van der Waals surface area contributed by atoms with Gasteiger partial charge in [-0.3, -0.25) is 0 Å². The Bertz CT molecular complexity index is 258. The highest BCUT2D eigenvalue weighted by atomic mass is 16.6. The molecule has 1 heterocycles. The number of hydrogen-bond acceptors (Lipinski definition) is 3. The van der Waals surface area contributed by atoms with E-state index in [0.717, 1.165) is 6.42 Å². The van der Waals surface area contributed by atoms with Crippen molar-refractivity contribution in [2.24, 2.45) is 11.7 Å². The minimum Gasteiger partial charge on any atom is -0.444 e. The Morgan fingerprint density at radius 1 is 1.44 bits per heavy atom. The predicted molar refractivity (Wildman–Crippen MR) is 64.2 cm³/mol. The lowest BCUT2D eigenvalue weighted by molar-refractivity contribution is 0.0189. The van der Waals surface area contributed by atoms with E-state index in [9.17, 15) is 4.79 Å². The summed E-state index contributed by atoms with van der Waals surface area (Å²) in [4.78, 5) is 13.7. The SMILES string of the molecule is CC(C)[C@@H]1C[C@@H](N)CN1C(=O)OC(C)(C)C. The zero-order chi connectivity index (χ0) is 12.5. The molecule has 1 amide bonds. The largest absolute Gasteiger partial charge is 0.444 e. The van der Waals surface area contributed by atoms with E-state index in [-0.39, 0.29) is 18.2 Å². The molecule has 4 heteroatoms. The van der Waals surface area contributed by atoms with Crippen molar-refractivity contribution in [2.45, 2.75) is 58.7 Å². The van der Waals surface area contributed by atoms with Crippen molar-refractivity contribution in [3.63, 3.8) is 0 Å². The molecule has 1 rings (SSSR count). The lowest BCUT2D eigenvalue weighted by atomic mass is 10.0. The number of carbonyl (C=O) groups excluding carboxylic acids is 1. The van der Waals surface area contributed by atoms with E-state index in [1.807, 2.05) is 20.8 Å². The summed E-state index contributed by atoms with van der Waals surface area (Å²) in [7, 11) is 0. The Labute approximate surface area is 98.1 Å². The van der Waals surface area contributed by atoms with Gasteiger partial charge in [0.2, 0.25) is 0 Å². The quantitative estimate of drug-likeness (QED) is 0.746. The third kappa shape index (κ3) is 3.37. The average molecular weight is 228 g/mol. The Balaban J connectivity index is 2.67. The molecular weight excluding hydrogens is 204 g/mol. The maximum Gasteiger partial charge on any atom is 0.410 e. The molecule has 0 aromatic heterocycles. The van der Waals surface area contributed by atoms with Crippen molar-refractivity contribution in [1.29, 1.82) is 0 Å². The van der Waals surface area contributed by atoms with Gasteiger partial charge in [-0.2, -0.15) is 0 Å². The Hall–Kier alpha value is -0.770. The van der Waals surface area contributed by atoms with E-state index < -0.39 is 5.60 Å². The number of amides is 1. The predicted octanol–water partition coefficient (Wildman–Crippen LogP) is 1.98. The van der Waals surface area contributed by atoms with Gasteiger partial charge in [-0.05, 0) is 33.1 Å². The highest BCUT2D eigenvalue weighted by Crippen LogP contribution is 2.25. The van der Waals surface area contributed by atoms with E-state index in [1.54, 1.807) is 4.90 Å². The second-order valence-electron chi connectivity index (χ2n) is 5.94. The first-order valence-electron chi connectivity index (χ1n) is 5.96. The van der Waals surface area contributed by atoms with E-state index in [0.29, 0.717) is 12.5 Å². The molecule has 0 spiro atoms. The molecule has 4 nitrogen and oxygen atoms in total. The van der Waals surface area contributed by atoms with Crippen molar-refractivity contribution in [1.82, 2.24) is 4.90 Å². The minimum absolute atomic E-state index is 0.0833. The fraction of sp³-hybridized carbons (Fsp3) is 0.917. The maximum atomic E-state index is 12.0. The number of nitrogens with zero attached hydrogens (tertiary/aromatic N) is 1. The number of rotatable bonds is 1. The third-order valence-corrected chi connectivity index (χ3v) is 2.77. The number of carbonyl (C=O) groups is 1. The molecule has 0 bridgehead atoms. The van der Waals surface area contributed by atoms with Gasteiger partial charge in [0.25, 0.3) is 0 Å². The van der Waals surface area contributed by atoms with Gasteiger partial charge in [0, 0.05) is 18.6 Å². The van der Waals surface area contributed by atoms with Crippen molar-refractivity contribution >= 4 is 6.09 Å². The van der Waals surface area contributed by atoms with Crippen LogP contribution < -0.4 is 5.73 Å². The van der Waals surface area contributed by atoms with Gasteiger partial charge >= 0.3 is 6.09 Å². The van der Waals surface area contributed by atoms with Crippen LogP contribution in [0.5, 0.6) is 0 Å². The first kappa shape index (κ1) is 13.3. The van der Waals surface area contributed by atoms with Gasteiger partial charge in [0.1, 0.15) is 5.60 Å². The van der Waals surface area contributed by atoms with Crippen LogP contribution in [0.2, 0.25) is 0 Å². The van der Waals surface area contributed by atoms with Gasteiger partial charge in [-0.25, -0.2) is 4.79 Å². The molecule has 0 aliphatic carbocycles. The van der Waals surface area contributed by atoms with Crippen LogP contribution in [-0.4, -0.2) is 35.2 Å². The highest BCUT2D eigenvalue weighted by molar-refractivity contribution is 5.69. The summed E-state index contributed by atoms with van der Waals surface area (Å²) in [6, 6.07) is 0.296. The van der Waals surface area contributed by atoms with Gasteiger partial charge < -0.3 is 15.4 Å². The lowest BCUT2D eigenvalue weighted by Gasteiger charge is -2.30. The van der Waals surface area contributed by atoms with Crippen LogP contribution in [0.25, 0.3) is 0 Å². The summed E-state index contributed by atoms with van der Waals surface area (Å²) < 4.78 is 5.38. The normalized spacial score (nSPS) is 26.3. The first-order chi connectivity index (χ1) is 7.20. The molecule has 0 radical (unpaired) electrons. The summed E-state index contributed by atoms with van der Waals surface area (Å²) in [5.74, 6) is 0.418. The molecule has 94 valence electrons. The average Bonchev–Trinajstić information content (AvgIpc) is 2.44. The fourth-order valence-corrected chi connectivity index (χ4v) is 2.06. The van der Waals surface area contributed by atoms with E-state index in [2.05, 4.69) is 13.8 Å². The van der Waals surface area contributed by atoms with Gasteiger partial charge in [0.15, 0.2) is 0 Å². The summed E-state index contributed by atoms with van der Waals surface area (Å²) >= 11 is 0. The highest BCUT2D eigenvalue weighted by Gasteiger charge is 2.37. The fourth-order valence-electron chi connectivity index (χ4n) is 2.06. The van der Waals surface area contributed by atoms with Crippen LogP contribution in [0.1, 0.15) is 41.0 Å². The smallest absolute Gasteiger partial charge is 0.410 e. The molecular formula is C12H24N2O2. The van der Waals surface area contributed by atoms with E-state index in [4.69, 9.17) is 10.5 Å². The molecule has 1 fully saturated rings. The molecule has 0 aromatic rings. The van der Waals surface area contributed by atoms with Crippen LogP contribution in [0.3, 0.4) is 0 Å². The molecule has 1 saturated heterocycles. The number of ether oxygens (including phenoxy) is 1. The zero-order valence-corrected chi connectivity index (χ0v) is 11.0. The second kappa shape index (κ2) is 4.62. The number of likely N-dealkylation sites (tertiary alicyclic amines) is 1. The summed E-state index contributed by atoms with van der Waals surface area (Å²) in [5, 5.41) is 0. The number of nitrogens with two attached hydrogens (primary N) is 1. The van der Waals surface area contributed by atoms with Crippen LogP contribution in [0, 0.1) is 5.92 Å². The molecule has 2 atom stereocenters. The second-order valence-corrected chi connectivity index (χ2v) is 5.94. The molecule has 16 heavy (non-hydrogen) atoms. The third-order valence-electron chi connectivity index (χ3n) is 2.77. The van der Waals surface area contributed by atoms with Crippen molar-refractivity contribution in [3.8, 4) is 0 Å². The Morgan fingerprint density at radius 2 is 2.00 bits per heavy atom.